The van der Waals surface area contributed by atoms with Gasteiger partial charge in [-0.05, 0) is 37.5 Å². The van der Waals surface area contributed by atoms with Crippen LogP contribution >= 0.6 is 0 Å². The molecular formula is C22H21FN4O3. The normalized spacial score (nSPS) is 17.0. The molecular weight excluding hydrogens is 387 g/mol. The predicted molar refractivity (Wildman–Crippen MR) is 110 cm³/mol. The van der Waals surface area contributed by atoms with E-state index in [4.69, 9.17) is 4.42 Å². The van der Waals surface area contributed by atoms with Gasteiger partial charge in [-0.3, -0.25) is 19.5 Å². The number of nitrogens with one attached hydrogen (secondary N) is 1. The quantitative estimate of drug-likeness (QED) is 0.719. The molecule has 2 aliphatic rings. The molecule has 154 valence electrons. The first kappa shape index (κ1) is 18.9. The maximum Gasteiger partial charge on any atom is 0.255 e. The van der Waals surface area contributed by atoms with Crippen molar-refractivity contribution in [2.75, 3.05) is 13.1 Å². The van der Waals surface area contributed by atoms with Crippen LogP contribution in [0.15, 0.2) is 43.5 Å². The standard InChI is InChI=1S/C22H21FN4O3/c23-14-4-5-19-15(9-14)20(28)13(12-30-19)10-27-8-6-17-16(11-27)22(29)26-21(25-17)18-3-1-2-7-24-18/h4-5,9,12H,1-3,6-8,10-11H2,(H,25,26,29). The Balaban J connectivity index is 1.41. The van der Waals surface area contributed by atoms with Gasteiger partial charge in [-0.15, -0.1) is 0 Å². The molecule has 2 aliphatic heterocycles. The minimum Gasteiger partial charge on any atom is -0.464 e. The third-order valence-electron chi connectivity index (χ3n) is 5.75. The monoisotopic (exact) mass is 408 g/mol. The summed E-state index contributed by atoms with van der Waals surface area (Å²) in [7, 11) is 0. The number of fused-ring (bicyclic) bond motifs is 2. The molecule has 0 saturated heterocycles. The third-order valence-corrected chi connectivity index (χ3v) is 5.75. The second-order valence-electron chi connectivity index (χ2n) is 7.82. The molecule has 1 N–H and O–H groups in total. The van der Waals surface area contributed by atoms with E-state index < -0.39 is 5.82 Å². The summed E-state index contributed by atoms with van der Waals surface area (Å²) in [5.74, 6) is 0.110. The molecule has 0 amide bonds. The lowest BCUT2D eigenvalue weighted by molar-refractivity contribution is 0.239. The number of aromatic amines is 1. The summed E-state index contributed by atoms with van der Waals surface area (Å²) in [6.45, 7) is 2.16. The van der Waals surface area contributed by atoms with Gasteiger partial charge in [0, 0.05) is 38.2 Å². The van der Waals surface area contributed by atoms with Gasteiger partial charge in [0.15, 0.2) is 11.3 Å². The summed E-state index contributed by atoms with van der Waals surface area (Å²) in [6, 6.07) is 3.91. The van der Waals surface area contributed by atoms with Crippen molar-refractivity contribution in [1.29, 1.82) is 0 Å². The molecule has 2 aromatic heterocycles. The van der Waals surface area contributed by atoms with E-state index in [0.29, 0.717) is 48.6 Å². The van der Waals surface area contributed by atoms with Gasteiger partial charge in [-0.2, -0.15) is 0 Å². The molecule has 0 aliphatic carbocycles. The largest absolute Gasteiger partial charge is 0.464 e. The number of H-pyrrole nitrogens is 1. The van der Waals surface area contributed by atoms with Crippen molar-refractivity contribution in [2.24, 2.45) is 4.99 Å². The zero-order chi connectivity index (χ0) is 20.7. The first-order valence-corrected chi connectivity index (χ1v) is 10.2. The van der Waals surface area contributed by atoms with E-state index in [0.717, 1.165) is 37.2 Å². The smallest absolute Gasteiger partial charge is 0.255 e. The second kappa shape index (κ2) is 7.60. The van der Waals surface area contributed by atoms with Crippen LogP contribution in [0.5, 0.6) is 0 Å². The van der Waals surface area contributed by atoms with Crippen LogP contribution in [0, 0.1) is 5.82 Å². The van der Waals surface area contributed by atoms with E-state index in [-0.39, 0.29) is 16.4 Å². The highest BCUT2D eigenvalue weighted by Crippen LogP contribution is 2.19. The molecule has 0 radical (unpaired) electrons. The fraction of sp³-hybridized carbons (Fsp3) is 0.364. The Kier molecular flexibility index (Phi) is 4.78. The Hall–Kier alpha value is -3.13. The van der Waals surface area contributed by atoms with Crippen molar-refractivity contribution in [2.45, 2.75) is 38.8 Å². The minimum atomic E-state index is -0.477. The van der Waals surface area contributed by atoms with Crippen LogP contribution in [-0.4, -0.2) is 33.7 Å². The number of aliphatic imine (C=N–C) groups is 1. The van der Waals surface area contributed by atoms with Crippen molar-refractivity contribution in [3.8, 4) is 0 Å². The average Bonchev–Trinajstić information content (AvgIpc) is 2.77. The molecule has 0 atom stereocenters. The van der Waals surface area contributed by atoms with Gasteiger partial charge in [0.05, 0.1) is 28.6 Å². The lowest BCUT2D eigenvalue weighted by Gasteiger charge is -2.27. The fourth-order valence-corrected chi connectivity index (χ4v) is 4.14. The molecule has 0 fully saturated rings. The van der Waals surface area contributed by atoms with Crippen LogP contribution in [-0.2, 0) is 19.5 Å². The lowest BCUT2D eigenvalue weighted by Crippen LogP contribution is -2.37. The number of rotatable bonds is 3. The van der Waals surface area contributed by atoms with E-state index >= 15 is 0 Å². The molecule has 0 unspecified atom stereocenters. The maximum absolute atomic E-state index is 13.5. The van der Waals surface area contributed by atoms with Crippen molar-refractivity contribution in [1.82, 2.24) is 14.9 Å². The summed E-state index contributed by atoms with van der Waals surface area (Å²) in [5, 5.41) is 0.224. The number of halogens is 1. The van der Waals surface area contributed by atoms with Crippen molar-refractivity contribution in [3.63, 3.8) is 0 Å². The zero-order valence-corrected chi connectivity index (χ0v) is 16.4. The van der Waals surface area contributed by atoms with Crippen LogP contribution in [0.1, 0.15) is 41.9 Å². The highest BCUT2D eigenvalue weighted by Gasteiger charge is 2.23. The molecule has 0 saturated carbocycles. The van der Waals surface area contributed by atoms with E-state index in [2.05, 4.69) is 15.0 Å². The topological polar surface area (TPSA) is 91.6 Å². The number of hydrogen-bond acceptors (Lipinski definition) is 6. The van der Waals surface area contributed by atoms with Crippen LogP contribution in [0.25, 0.3) is 11.0 Å². The van der Waals surface area contributed by atoms with Gasteiger partial charge in [0.25, 0.3) is 5.56 Å². The van der Waals surface area contributed by atoms with E-state index in [1.807, 2.05) is 4.90 Å². The summed E-state index contributed by atoms with van der Waals surface area (Å²) >= 11 is 0. The summed E-state index contributed by atoms with van der Waals surface area (Å²) in [5.41, 5.74) is 2.69. The van der Waals surface area contributed by atoms with Crippen molar-refractivity contribution in [3.05, 3.63) is 73.5 Å². The van der Waals surface area contributed by atoms with Crippen LogP contribution in [0.4, 0.5) is 4.39 Å². The highest BCUT2D eigenvalue weighted by atomic mass is 19.1. The fourth-order valence-electron chi connectivity index (χ4n) is 4.14. The first-order valence-electron chi connectivity index (χ1n) is 10.2. The lowest BCUT2D eigenvalue weighted by atomic mass is 10.0. The predicted octanol–water partition coefficient (Wildman–Crippen LogP) is 2.55. The minimum absolute atomic E-state index is 0.152. The Bertz CT molecular complexity index is 1280. The second-order valence-corrected chi connectivity index (χ2v) is 7.82. The van der Waals surface area contributed by atoms with Gasteiger partial charge >= 0.3 is 0 Å². The Morgan fingerprint density at radius 2 is 2.10 bits per heavy atom. The Labute approximate surface area is 171 Å². The SMILES string of the molecule is O=c1[nH]c(C2=NCCCC2)nc2c1CN(Cc1coc3ccc(F)cc3c1=O)CC2. The molecule has 1 aromatic carbocycles. The number of hydrogen-bond donors (Lipinski definition) is 1. The maximum atomic E-state index is 13.5. The summed E-state index contributed by atoms with van der Waals surface area (Å²) in [4.78, 5) is 39.5. The molecule has 0 spiro atoms. The zero-order valence-electron chi connectivity index (χ0n) is 16.4. The van der Waals surface area contributed by atoms with Gasteiger partial charge < -0.3 is 9.40 Å². The van der Waals surface area contributed by atoms with E-state index in [9.17, 15) is 14.0 Å². The molecule has 3 aromatic rings. The van der Waals surface area contributed by atoms with E-state index in [1.54, 1.807) is 0 Å². The molecule has 0 bridgehead atoms. The van der Waals surface area contributed by atoms with Crippen LogP contribution < -0.4 is 11.0 Å². The number of benzene rings is 1. The Morgan fingerprint density at radius 3 is 2.93 bits per heavy atom. The molecule has 30 heavy (non-hydrogen) atoms. The van der Waals surface area contributed by atoms with Crippen molar-refractivity contribution < 1.29 is 8.81 Å². The highest BCUT2D eigenvalue weighted by molar-refractivity contribution is 5.97. The molecule has 8 heteroatoms. The van der Waals surface area contributed by atoms with Gasteiger partial charge in [-0.25, -0.2) is 9.37 Å². The molecule has 7 nitrogen and oxygen atoms in total. The molecule has 5 rings (SSSR count). The summed E-state index contributed by atoms with van der Waals surface area (Å²) in [6.07, 6.45) is 5.01. The van der Waals surface area contributed by atoms with Crippen LogP contribution in [0.3, 0.4) is 0 Å². The first-order chi connectivity index (χ1) is 14.6. The van der Waals surface area contributed by atoms with E-state index in [1.165, 1.54) is 24.5 Å². The number of aromatic nitrogens is 2. The molecule has 4 heterocycles. The van der Waals surface area contributed by atoms with Gasteiger partial charge in [0.2, 0.25) is 0 Å². The average molecular weight is 408 g/mol. The van der Waals surface area contributed by atoms with Crippen LogP contribution in [0.2, 0.25) is 0 Å². The third kappa shape index (κ3) is 3.47. The summed E-state index contributed by atoms with van der Waals surface area (Å²) < 4.78 is 19.0. The van der Waals surface area contributed by atoms with Gasteiger partial charge in [0.1, 0.15) is 11.4 Å². The number of nitrogens with zero attached hydrogens (tertiary/aromatic N) is 3. The Morgan fingerprint density at radius 1 is 1.20 bits per heavy atom. The van der Waals surface area contributed by atoms with Crippen molar-refractivity contribution >= 4 is 16.7 Å². The van der Waals surface area contributed by atoms with Gasteiger partial charge in [-0.1, -0.05) is 0 Å².